The van der Waals surface area contributed by atoms with E-state index < -0.39 is 0 Å². The molecule has 0 amide bonds. The maximum atomic E-state index is 2.60. The van der Waals surface area contributed by atoms with Crippen molar-refractivity contribution in [2.45, 2.75) is 52.5 Å². The Hall–Kier alpha value is -0.820. The van der Waals surface area contributed by atoms with Gasteiger partial charge < -0.3 is 0 Å². The topological polar surface area (TPSA) is 3.24 Å². The van der Waals surface area contributed by atoms with Crippen molar-refractivity contribution in [3.63, 3.8) is 0 Å². The van der Waals surface area contributed by atoms with Crippen LogP contribution in [0, 0.1) is 0 Å². The van der Waals surface area contributed by atoms with Crippen LogP contribution in [-0.4, -0.2) is 18.0 Å². The lowest BCUT2D eigenvalue weighted by molar-refractivity contribution is 0.330. The van der Waals surface area contributed by atoms with Crippen LogP contribution in [0.3, 0.4) is 0 Å². The van der Waals surface area contributed by atoms with Crippen molar-refractivity contribution in [3.8, 4) is 0 Å². The minimum atomic E-state index is 1.15. The molecule has 17 heavy (non-hydrogen) atoms. The summed E-state index contributed by atoms with van der Waals surface area (Å²) in [5, 5.41) is 0. The van der Waals surface area contributed by atoms with Crippen molar-refractivity contribution in [1.82, 2.24) is 4.90 Å². The smallest absolute Gasteiger partial charge is 0.0236 e. The van der Waals surface area contributed by atoms with E-state index in [1.54, 1.807) is 11.1 Å². The lowest BCUT2D eigenvalue weighted by atomic mass is 9.99. The Labute approximate surface area is 106 Å². The average molecular weight is 231 g/mol. The molecule has 1 aromatic carbocycles. The molecular weight excluding hydrogens is 206 g/mol. The molecule has 0 unspecified atom stereocenters. The van der Waals surface area contributed by atoms with Crippen LogP contribution in [0.5, 0.6) is 0 Å². The zero-order chi connectivity index (χ0) is 12.1. The Morgan fingerprint density at radius 2 is 1.82 bits per heavy atom. The van der Waals surface area contributed by atoms with Gasteiger partial charge in [0.05, 0.1) is 0 Å². The number of benzene rings is 1. The molecule has 1 aromatic rings. The molecule has 0 saturated carbocycles. The summed E-state index contributed by atoms with van der Waals surface area (Å²) in [7, 11) is 0. The molecule has 1 heterocycles. The first-order chi connectivity index (χ1) is 8.33. The van der Waals surface area contributed by atoms with Crippen LogP contribution in [0.15, 0.2) is 18.2 Å². The molecular formula is C16H25N. The second-order valence-electron chi connectivity index (χ2n) is 5.19. The Bertz CT molecular complexity index is 351. The van der Waals surface area contributed by atoms with Gasteiger partial charge in [-0.15, -0.1) is 0 Å². The van der Waals surface area contributed by atoms with E-state index in [1.807, 2.05) is 0 Å². The number of rotatable bonds is 5. The third kappa shape index (κ3) is 3.32. The number of nitrogens with zero attached hydrogens (tertiary/aromatic N) is 1. The Balaban J connectivity index is 2.12. The lowest BCUT2D eigenvalue weighted by Gasteiger charge is -2.18. The summed E-state index contributed by atoms with van der Waals surface area (Å²) >= 11 is 0. The quantitative estimate of drug-likeness (QED) is 0.745. The third-order valence-corrected chi connectivity index (χ3v) is 3.79. The van der Waals surface area contributed by atoms with Crippen molar-refractivity contribution >= 4 is 0 Å². The van der Waals surface area contributed by atoms with Crippen molar-refractivity contribution < 1.29 is 0 Å². The van der Waals surface area contributed by atoms with Crippen LogP contribution in [-0.2, 0) is 19.4 Å². The Morgan fingerprint density at radius 3 is 2.47 bits per heavy atom. The van der Waals surface area contributed by atoms with E-state index >= 15 is 0 Å². The molecule has 0 bridgehead atoms. The molecule has 0 N–H and O–H groups in total. The van der Waals surface area contributed by atoms with Gasteiger partial charge in [0.2, 0.25) is 0 Å². The summed E-state index contributed by atoms with van der Waals surface area (Å²) in [6.45, 7) is 8.27. The molecule has 0 atom stereocenters. The summed E-state index contributed by atoms with van der Waals surface area (Å²) in [6.07, 6.45) is 6.41. The molecule has 1 aliphatic heterocycles. The molecule has 1 saturated heterocycles. The predicted molar refractivity (Wildman–Crippen MR) is 74.3 cm³/mol. The van der Waals surface area contributed by atoms with Gasteiger partial charge in [-0.1, -0.05) is 38.5 Å². The van der Waals surface area contributed by atoms with Crippen LogP contribution < -0.4 is 0 Å². The highest BCUT2D eigenvalue weighted by Gasteiger charge is 2.13. The number of likely N-dealkylation sites (tertiary alicyclic amines) is 1. The molecule has 0 radical (unpaired) electrons. The number of hydrogen-bond acceptors (Lipinski definition) is 1. The first-order valence-corrected chi connectivity index (χ1v) is 7.16. The fraction of sp³-hybridized carbons (Fsp3) is 0.625. The molecule has 0 spiro atoms. The molecule has 0 aliphatic carbocycles. The third-order valence-electron chi connectivity index (χ3n) is 3.79. The van der Waals surface area contributed by atoms with E-state index in [0.29, 0.717) is 0 Å². The standard InChI is InChI=1S/C16H25N/c1-3-7-15-12-14(4-2)8-9-16(15)13-17-10-5-6-11-17/h8-9,12H,3-7,10-11,13H2,1-2H3. The zero-order valence-electron chi connectivity index (χ0n) is 11.3. The van der Waals surface area contributed by atoms with Gasteiger partial charge in [0.25, 0.3) is 0 Å². The maximum absolute atomic E-state index is 2.60. The summed E-state index contributed by atoms with van der Waals surface area (Å²) < 4.78 is 0. The summed E-state index contributed by atoms with van der Waals surface area (Å²) in [5.41, 5.74) is 4.63. The van der Waals surface area contributed by atoms with Crippen molar-refractivity contribution in [1.29, 1.82) is 0 Å². The Kier molecular flexibility index (Phi) is 4.61. The van der Waals surface area contributed by atoms with E-state index in [0.717, 1.165) is 6.42 Å². The SMILES string of the molecule is CCCc1cc(CC)ccc1CN1CCCC1. The molecule has 0 aromatic heterocycles. The first-order valence-electron chi connectivity index (χ1n) is 7.16. The van der Waals surface area contributed by atoms with Crippen LogP contribution in [0.2, 0.25) is 0 Å². The summed E-state index contributed by atoms with van der Waals surface area (Å²) in [5.74, 6) is 0. The lowest BCUT2D eigenvalue weighted by Crippen LogP contribution is -2.19. The molecule has 1 heteroatoms. The van der Waals surface area contributed by atoms with Gasteiger partial charge in [0.1, 0.15) is 0 Å². The van der Waals surface area contributed by atoms with E-state index in [9.17, 15) is 0 Å². The van der Waals surface area contributed by atoms with Crippen LogP contribution in [0.4, 0.5) is 0 Å². The van der Waals surface area contributed by atoms with Crippen molar-refractivity contribution in [3.05, 3.63) is 34.9 Å². The monoisotopic (exact) mass is 231 g/mol. The van der Waals surface area contributed by atoms with Gasteiger partial charge >= 0.3 is 0 Å². The van der Waals surface area contributed by atoms with Gasteiger partial charge in [0.15, 0.2) is 0 Å². The van der Waals surface area contributed by atoms with Crippen molar-refractivity contribution in [2.75, 3.05) is 13.1 Å². The van der Waals surface area contributed by atoms with Crippen LogP contribution in [0.1, 0.15) is 49.8 Å². The summed E-state index contributed by atoms with van der Waals surface area (Å²) in [6, 6.07) is 7.10. The first kappa shape index (κ1) is 12.6. The fourth-order valence-electron chi connectivity index (χ4n) is 2.74. The second-order valence-corrected chi connectivity index (χ2v) is 5.19. The summed E-state index contributed by atoms with van der Waals surface area (Å²) in [4.78, 5) is 2.60. The predicted octanol–water partition coefficient (Wildman–Crippen LogP) is 3.80. The van der Waals surface area contributed by atoms with Gasteiger partial charge in [-0.2, -0.15) is 0 Å². The second kappa shape index (κ2) is 6.20. The highest BCUT2D eigenvalue weighted by molar-refractivity contribution is 5.32. The minimum absolute atomic E-state index is 1.15. The van der Waals surface area contributed by atoms with Crippen molar-refractivity contribution in [2.24, 2.45) is 0 Å². The van der Waals surface area contributed by atoms with E-state index in [1.165, 1.54) is 50.9 Å². The van der Waals surface area contributed by atoms with Gasteiger partial charge in [-0.25, -0.2) is 0 Å². The van der Waals surface area contributed by atoms with Gasteiger partial charge in [0, 0.05) is 6.54 Å². The molecule has 1 nitrogen and oxygen atoms in total. The average Bonchev–Trinajstić information content (AvgIpc) is 2.84. The van der Waals surface area contributed by atoms with Crippen LogP contribution in [0.25, 0.3) is 0 Å². The van der Waals surface area contributed by atoms with Gasteiger partial charge in [-0.3, -0.25) is 4.90 Å². The molecule has 2 rings (SSSR count). The highest BCUT2D eigenvalue weighted by atomic mass is 15.1. The maximum Gasteiger partial charge on any atom is 0.0236 e. The van der Waals surface area contributed by atoms with Crippen LogP contribution >= 0.6 is 0 Å². The minimum Gasteiger partial charge on any atom is -0.299 e. The zero-order valence-corrected chi connectivity index (χ0v) is 11.3. The van der Waals surface area contributed by atoms with E-state index in [-0.39, 0.29) is 0 Å². The van der Waals surface area contributed by atoms with E-state index in [2.05, 4.69) is 36.9 Å². The number of aryl methyl sites for hydroxylation is 2. The van der Waals surface area contributed by atoms with E-state index in [4.69, 9.17) is 0 Å². The largest absolute Gasteiger partial charge is 0.299 e. The van der Waals surface area contributed by atoms with Gasteiger partial charge in [-0.05, 0) is 55.5 Å². The molecule has 1 fully saturated rings. The fourth-order valence-corrected chi connectivity index (χ4v) is 2.74. The normalized spacial score (nSPS) is 16.6. The molecule has 94 valence electrons. The molecule has 1 aliphatic rings. The Morgan fingerprint density at radius 1 is 1.06 bits per heavy atom. The highest BCUT2D eigenvalue weighted by Crippen LogP contribution is 2.19. The number of hydrogen-bond donors (Lipinski definition) is 0.